The highest BCUT2D eigenvalue weighted by Crippen LogP contribution is 2.10. The molecule has 0 unspecified atom stereocenters. The van der Waals surface area contributed by atoms with E-state index in [1.54, 1.807) is 0 Å². The van der Waals surface area contributed by atoms with Crippen molar-refractivity contribution in [2.45, 2.75) is 45.3 Å². The molecule has 0 saturated carbocycles. The number of carbonyl (C=O) groups is 1. The summed E-state index contributed by atoms with van der Waals surface area (Å²) in [7, 11) is 0. The molecule has 0 radical (unpaired) electrons. The standard InChI is InChI=1S/C9H17NO2/c1-9(2,3)12-8(11)7-5-4-6-10-7/h7,10H,4-6H2,1-3H3/p+1/t7-/m0/s1. The van der Waals surface area contributed by atoms with Crippen LogP contribution in [0.25, 0.3) is 0 Å². The van der Waals surface area contributed by atoms with E-state index in [1.165, 1.54) is 0 Å². The summed E-state index contributed by atoms with van der Waals surface area (Å²) in [5.41, 5.74) is -0.340. The lowest BCUT2D eigenvalue weighted by Crippen LogP contribution is -2.88. The molecule has 0 bridgehead atoms. The Hall–Kier alpha value is -0.570. The van der Waals surface area contributed by atoms with E-state index in [2.05, 4.69) is 5.32 Å². The summed E-state index contributed by atoms with van der Waals surface area (Å²) in [5.74, 6) is -0.0556. The minimum absolute atomic E-state index is 0.0556. The van der Waals surface area contributed by atoms with Gasteiger partial charge in [-0.25, -0.2) is 4.79 Å². The molecule has 1 aliphatic heterocycles. The van der Waals surface area contributed by atoms with Gasteiger partial charge in [-0.3, -0.25) is 0 Å². The molecule has 2 N–H and O–H groups in total. The second-order valence-electron chi connectivity index (χ2n) is 4.31. The Kier molecular flexibility index (Phi) is 2.73. The molecular formula is C9H18NO2+. The zero-order valence-electron chi connectivity index (χ0n) is 8.09. The van der Waals surface area contributed by atoms with Crippen LogP contribution in [0.4, 0.5) is 0 Å². The number of hydrogen-bond donors (Lipinski definition) is 1. The molecule has 3 nitrogen and oxygen atoms in total. The summed E-state index contributed by atoms with van der Waals surface area (Å²) in [5, 5.41) is 2.06. The highest BCUT2D eigenvalue weighted by molar-refractivity contribution is 5.74. The Morgan fingerprint density at radius 2 is 2.17 bits per heavy atom. The van der Waals surface area contributed by atoms with Crippen LogP contribution >= 0.6 is 0 Å². The fourth-order valence-electron chi connectivity index (χ4n) is 1.37. The van der Waals surface area contributed by atoms with Gasteiger partial charge in [-0.05, 0) is 20.8 Å². The Labute approximate surface area is 73.5 Å². The molecule has 0 aliphatic carbocycles. The van der Waals surface area contributed by atoms with E-state index in [-0.39, 0.29) is 17.6 Å². The summed E-state index contributed by atoms with van der Waals surface area (Å²) in [6, 6.07) is 0.0595. The Morgan fingerprint density at radius 3 is 2.58 bits per heavy atom. The predicted molar refractivity (Wildman–Crippen MR) is 45.7 cm³/mol. The number of ether oxygens (including phenoxy) is 1. The highest BCUT2D eigenvalue weighted by atomic mass is 16.6. The minimum atomic E-state index is -0.340. The molecule has 1 aliphatic rings. The summed E-state index contributed by atoms with van der Waals surface area (Å²) < 4.78 is 5.25. The van der Waals surface area contributed by atoms with E-state index < -0.39 is 0 Å². The molecule has 1 heterocycles. The molecule has 0 spiro atoms. The first-order chi connectivity index (χ1) is 5.49. The van der Waals surface area contributed by atoms with E-state index in [1.807, 2.05) is 20.8 Å². The van der Waals surface area contributed by atoms with Crippen LogP contribution in [-0.2, 0) is 9.53 Å². The molecule has 0 aromatic carbocycles. The van der Waals surface area contributed by atoms with Gasteiger partial charge in [0.25, 0.3) is 0 Å². The molecule has 1 saturated heterocycles. The van der Waals surface area contributed by atoms with Crippen molar-refractivity contribution in [1.82, 2.24) is 0 Å². The molecule has 0 aromatic heterocycles. The first kappa shape index (κ1) is 9.52. The average Bonchev–Trinajstić information content (AvgIpc) is 2.32. The molecular weight excluding hydrogens is 154 g/mol. The molecule has 1 fully saturated rings. The Bertz CT molecular complexity index is 166. The molecule has 1 atom stereocenters. The van der Waals surface area contributed by atoms with Gasteiger partial charge in [0.1, 0.15) is 5.60 Å². The predicted octanol–water partition coefficient (Wildman–Crippen LogP) is 0.0539. The Morgan fingerprint density at radius 1 is 1.50 bits per heavy atom. The fraction of sp³-hybridized carbons (Fsp3) is 0.889. The van der Waals surface area contributed by atoms with Crippen molar-refractivity contribution in [3.63, 3.8) is 0 Å². The average molecular weight is 172 g/mol. The van der Waals surface area contributed by atoms with Gasteiger partial charge in [-0.15, -0.1) is 0 Å². The van der Waals surface area contributed by atoms with Crippen LogP contribution in [0, 0.1) is 0 Å². The topological polar surface area (TPSA) is 42.9 Å². The van der Waals surface area contributed by atoms with Crippen molar-refractivity contribution >= 4 is 5.97 Å². The lowest BCUT2D eigenvalue weighted by Gasteiger charge is -2.20. The lowest BCUT2D eigenvalue weighted by molar-refractivity contribution is -0.659. The molecule has 1 rings (SSSR count). The number of hydrogen-bond acceptors (Lipinski definition) is 2. The van der Waals surface area contributed by atoms with Crippen LogP contribution in [0.3, 0.4) is 0 Å². The molecule has 0 aromatic rings. The van der Waals surface area contributed by atoms with Crippen LogP contribution in [0.5, 0.6) is 0 Å². The van der Waals surface area contributed by atoms with Crippen LogP contribution in [0.1, 0.15) is 33.6 Å². The summed E-state index contributed by atoms with van der Waals surface area (Å²) in [4.78, 5) is 11.4. The van der Waals surface area contributed by atoms with Crippen LogP contribution in [0.2, 0.25) is 0 Å². The van der Waals surface area contributed by atoms with Crippen molar-refractivity contribution in [1.29, 1.82) is 0 Å². The molecule has 12 heavy (non-hydrogen) atoms. The van der Waals surface area contributed by atoms with Gasteiger partial charge in [0.05, 0.1) is 6.54 Å². The summed E-state index contributed by atoms with van der Waals surface area (Å²) >= 11 is 0. The molecule has 0 amide bonds. The monoisotopic (exact) mass is 172 g/mol. The second-order valence-corrected chi connectivity index (χ2v) is 4.31. The number of carbonyl (C=O) groups excluding carboxylic acids is 1. The Balaban J connectivity index is 2.37. The number of esters is 1. The third-order valence-corrected chi connectivity index (χ3v) is 1.88. The fourth-order valence-corrected chi connectivity index (χ4v) is 1.37. The van der Waals surface area contributed by atoms with Crippen molar-refractivity contribution in [2.75, 3.05) is 6.54 Å². The van der Waals surface area contributed by atoms with Gasteiger partial charge in [-0.2, -0.15) is 0 Å². The maximum atomic E-state index is 11.4. The van der Waals surface area contributed by atoms with Crippen molar-refractivity contribution in [3.05, 3.63) is 0 Å². The zero-order valence-corrected chi connectivity index (χ0v) is 8.09. The van der Waals surface area contributed by atoms with Crippen LogP contribution in [-0.4, -0.2) is 24.2 Å². The van der Waals surface area contributed by atoms with Crippen LogP contribution < -0.4 is 5.32 Å². The van der Waals surface area contributed by atoms with Gasteiger partial charge in [0.2, 0.25) is 0 Å². The van der Waals surface area contributed by atoms with E-state index in [9.17, 15) is 4.79 Å². The van der Waals surface area contributed by atoms with Gasteiger partial charge in [0, 0.05) is 12.8 Å². The normalized spacial score (nSPS) is 24.1. The zero-order chi connectivity index (χ0) is 9.19. The second kappa shape index (κ2) is 3.44. The van der Waals surface area contributed by atoms with Crippen molar-refractivity contribution < 1.29 is 14.8 Å². The maximum absolute atomic E-state index is 11.4. The minimum Gasteiger partial charge on any atom is -0.456 e. The van der Waals surface area contributed by atoms with E-state index in [4.69, 9.17) is 4.74 Å². The third kappa shape index (κ3) is 2.81. The molecule has 3 heteroatoms. The van der Waals surface area contributed by atoms with Gasteiger partial charge < -0.3 is 10.1 Å². The summed E-state index contributed by atoms with van der Waals surface area (Å²) in [6.45, 7) is 6.77. The van der Waals surface area contributed by atoms with E-state index in [0.717, 1.165) is 19.4 Å². The molecule has 70 valence electrons. The quantitative estimate of drug-likeness (QED) is 0.568. The smallest absolute Gasteiger partial charge is 0.365 e. The van der Waals surface area contributed by atoms with Crippen LogP contribution in [0.15, 0.2) is 0 Å². The van der Waals surface area contributed by atoms with E-state index in [0.29, 0.717) is 0 Å². The van der Waals surface area contributed by atoms with Gasteiger partial charge in [0.15, 0.2) is 6.04 Å². The summed E-state index contributed by atoms with van der Waals surface area (Å²) in [6.07, 6.45) is 2.10. The SMILES string of the molecule is CC(C)(C)OC(=O)[C@@H]1CCC[NH2+]1. The first-order valence-corrected chi connectivity index (χ1v) is 4.55. The number of quaternary nitrogens is 1. The van der Waals surface area contributed by atoms with Crippen molar-refractivity contribution in [3.8, 4) is 0 Å². The largest absolute Gasteiger partial charge is 0.456 e. The van der Waals surface area contributed by atoms with Crippen molar-refractivity contribution in [2.24, 2.45) is 0 Å². The lowest BCUT2D eigenvalue weighted by atomic mass is 10.2. The van der Waals surface area contributed by atoms with Gasteiger partial charge >= 0.3 is 5.97 Å². The maximum Gasteiger partial charge on any atom is 0.365 e. The first-order valence-electron chi connectivity index (χ1n) is 4.55. The van der Waals surface area contributed by atoms with E-state index >= 15 is 0 Å². The number of nitrogens with two attached hydrogens (primary N) is 1. The highest BCUT2D eigenvalue weighted by Gasteiger charge is 2.30. The third-order valence-electron chi connectivity index (χ3n) is 1.88. The number of rotatable bonds is 1. The van der Waals surface area contributed by atoms with Gasteiger partial charge in [-0.1, -0.05) is 0 Å².